The third-order valence-corrected chi connectivity index (χ3v) is 2.94. The molecule has 0 amide bonds. The van der Waals surface area contributed by atoms with Gasteiger partial charge in [-0.1, -0.05) is 0 Å². The quantitative estimate of drug-likeness (QED) is 0.795. The molecule has 0 fully saturated rings. The van der Waals surface area contributed by atoms with Crippen molar-refractivity contribution in [1.29, 1.82) is 0 Å². The average molecular weight is 265 g/mol. The topological polar surface area (TPSA) is 48.2 Å². The molecule has 0 bridgehead atoms. The van der Waals surface area contributed by atoms with Crippen LogP contribution in [0.1, 0.15) is 5.76 Å². The Morgan fingerprint density at radius 1 is 0.842 bits per heavy atom. The average Bonchev–Trinajstić information content (AvgIpc) is 2.44. The van der Waals surface area contributed by atoms with Gasteiger partial charge in [0.2, 0.25) is 11.5 Å². The first-order valence-corrected chi connectivity index (χ1v) is 5.76. The Labute approximate surface area is 111 Å². The second-order valence-electron chi connectivity index (χ2n) is 3.94. The summed E-state index contributed by atoms with van der Waals surface area (Å²) in [5.41, 5.74) is 0. The first kappa shape index (κ1) is 13.3. The third-order valence-electron chi connectivity index (χ3n) is 2.94. The summed E-state index contributed by atoms with van der Waals surface area (Å²) in [5, 5.41) is 1.73. The molecule has 0 radical (unpaired) electrons. The molecule has 0 saturated heterocycles. The van der Waals surface area contributed by atoms with E-state index in [0.29, 0.717) is 29.0 Å². The zero-order valence-electron chi connectivity index (χ0n) is 11.7. The summed E-state index contributed by atoms with van der Waals surface area (Å²) < 4.78 is 26.8. The Kier molecular flexibility index (Phi) is 3.64. The summed E-state index contributed by atoms with van der Waals surface area (Å²) in [6, 6.07) is 3.65. The Morgan fingerprint density at radius 2 is 1.53 bits per heavy atom. The minimum absolute atomic E-state index is 0.430. The second-order valence-corrected chi connectivity index (χ2v) is 3.94. The van der Waals surface area contributed by atoms with E-state index in [9.17, 15) is 0 Å². The van der Waals surface area contributed by atoms with Crippen LogP contribution in [0.2, 0.25) is 0 Å². The highest BCUT2D eigenvalue weighted by molar-refractivity contribution is 5.94. The molecule has 0 aliphatic rings. The largest absolute Gasteiger partial charge is 0.518 e. The molecule has 0 atom stereocenters. The molecule has 5 nitrogen and oxygen atoms in total. The van der Waals surface area contributed by atoms with E-state index in [-0.39, 0.29) is 0 Å². The van der Waals surface area contributed by atoms with E-state index in [0.717, 1.165) is 10.8 Å². The van der Waals surface area contributed by atoms with Gasteiger partial charge >= 0.3 is 5.95 Å². The molecule has 0 aliphatic heterocycles. The molecule has 2 rings (SSSR count). The van der Waals surface area contributed by atoms with Crippen LogP contribution in [0.15, 0.2) is 16.5 Å². The second kappa shape index (κ2) is 5.22. The van der Waals surface area contributed by atoms with Gasteiger partial charge in [-0.25, -0.2) is 0 Å². The maximum atomic E-state index is 5.56. The van der Waals surface area contributed by atoms with Gasteiger partial charge < -0.3 is 18.9 Å². The molecular formula is C14H17O5+. The van der Waals surface area contributed by atoms with Crippen molar-refractivity contribution in [1.82, 2.24) is 0 Å². The minimum atomic E-state index is 0.430. The first-order chi connectivity index (χ1) is 9.15. The van der Waals surface area contributed by atoms with Crippen LogP contribution in [0.5, 0.6) is 23.2 Å². The van der Waals surface area contributed by atoms with E-state index in [2.05, 4.69) is 0 Å². The Morgan fingerprint density at radius 3 is 2.05 bits per heavy atom. The molecule has 102 valence electrons. The molecule has 1 aromatic heterocycles. The van der Waals surface area contributed by atoms with Crippen molar-refractivity contribution in [3.05, 3.63) is 17.9 Å². The maximum Gasteiger partial charge on any atom is 0.518 e. The molecule has 0 N–H and O–H groups in total. The predicted octanol–water partition coefficient (Wildman–Crippen LogP) is 3.06. The first-order valence-electron chi connectivity index (χ1n) is 5.76. The van der Waals surface area contributed by atoms with E-state index in [1.54, 1.807) is 34.5 Å². The summed E-state index contributed by atoms with van der Waals surface area (Å²) in [7, 11) is 6.30. The van der Waals surface area contributed by atoms with Crippen molar-refractivity contribution < 1.29 is 23.4 Å². The summed E-state index contributed by atoms with van der Waals surface area (Å²) >= 11 is 0. The monoisotopic (exact) mass is 265 g/mol. The Balaban J connectivity index is 2.88. The number of fused-ring (bicyclic) bond motifs is 1. The number of hydrogen-bond donors (Lipinski definition) is 0. The lowest BCUT2D eigenvalue weighted by Gasteiger charge is -2.14. The van der Waals surface area contributed by atoms with Gasteiger partial charge in [0, 0.05) is 12.3 Å². The summed E-state index contributed by atoms with van der Waals surface area (Å²) in [6.07, 6.45) is 0. The van der Waals surface area contributed by atoms with Crippen molar-refractivity contribution in [3.8, 4) is 23.2 Å². The molecule has 1 aromatic carbocycles. The lowest BCUT2D eigenvalue weighted by molar-refractivity contribution is 0.290. The summed E-state index contributed by atoms with van der Waals surface area (Å²) in [5.74, 6) is 2.84. The summed E-state index contributed by atoms with van der Waals surface area (Å²) in [6.45, 7) is 1.85. The SMILES string of the molecule is COc1cc2cc(OC)c(OC)c(OC)c2c(C)[o+]1. The van der Waals surface area contributed by atoms with Crippen LogP contribution >= 0.6 is 0 Å². The van der Waals surface area contributed by atoms with Gasteiger partial charge in [-0.05, 0) is 6.07 Å². The number of methoxy groups -OCH3 is 4. The fourth-order valence-electron chi connectivity index (χ4n) is 2.11. The van der Waals surface area contributed by atoms with Crippen LogP contribution in [0, 0.1) is 6.92 Å². The van der Waals surface area contributed by atoms with E-state index in [1.165, 1.54) is 0 Å². The zero-order chi connectivity index (χ0) is 14.0. The molecule has 19 heavy (non-hydrogen) atoms. The van der Waals surface area contributed by atoms with E-state index in [4.69, 9.17) is 23.4 Å². The van der Waals surface area contributed by atoms with Crippen molar-refractivity contribution in [2.45, 2.75) is 6.92 Å². The van der Waals surface area contributed by atoms with Crippen molar-refractivity contribution in [3.63, 3.8) is 0 Å². The van der Waals surface area contributed by atoms with Crippen molar-refractivity contribution in [2.75, 3.05) is 28.4 Å². The Hall–Kier alpha value is -2.17. The predicted molar refractivity (Wildman–Crippen MR) is 71.6 cm³/mol. The molecule has 0 unspecified atom stereocenters. The number of benzene rings is 1. The molecule has 0 aliphatic carbocycles. The standard InChI is InChI=1S/C14H17O5/c1-8-12-9(7-11(16-3)19-8)6-10(15-2)13(17-4)14(12)18-5/h6-7H,1-5H3/q+1. The van der Waals surface area contributed by atoms with Gasteiger partial charge in [-0.3, -0.25) is 4.42 Å². The molecule has 0 saturated carbocycles. The van der Waals surface area contributed by atoms with E-state index in [1.807, 2.05) is 13.0 Å². The number of rotatable bonds is 4. The zero-order valence-corrected chi connectivity index (χ0v) is 11.7. The van der Waals surface area contributed by atoms with Crippen LogP contribution in [0.4, 0.5) is 0 Å². The molecule has 0 spiro atoms. The van der Waals surface area contributed by atoms with Gasteiger partial charge in [0.15, 0.2) is 18.6 Å². The van der Waals surface area contributed by atoms with Crippen LogP contribution in [-0.2, 0) is 0 Å². The van der Waals surface area contributed by atoms with Gasteiger partial charge in [-0.2, -0.15) is 0 Å². The van der Waals surface area contributed by atoms with Gasteiger partial charge in [-0.15, -0.1) is 0 Å². The number of ether oxygens (including phenoxy) is 4. The third kappa shape index (κ3) is 2.12. The smallest absolute Gasteiger partial charge is 0.493 e. The number of aryl methyl sites for hydroxylation is 1. The van der Waals surface area contributed by atoms with Crippen LogP contribution in [0.25, 0.3) is 10.8 Å². The molecular weight excluding hydrogens is 248 g/mol. The van der Waals surface area contributed by atoms with Gasteiger partial charge in [0.25, 0.3) is 0 Å². The molecule has 5 heteroatoms. The maximum absolute atomic E-state index is 5.56. The Bertz CT molecular complexity index is 607. The van der Waals surface area contributed by atoms with Crippen molar-refractivity contribution in [2.24, 2.45) is 0 Å². The van der Waals surface area contributed by atoms with Gasteiger partial charge in [0.05, 0.1) is 32.8 Å². The highest BCUT2D eigenvalue weighted by Gasteiger charge is 2.23. The molecule has 2 aromatic rings. The van der Waals surface area contributed by atoms with Crippen molar-refractivity contribution >= 4 is 10.8 Å². The normalized spacial score (nSPS) is 10.4. The molecule has 1 heterocycles. The summed E-state index contributed by atoms with van der Waals surface area (Å²) in [4.78, 5) is 0. The van der Waals surface area contributed by atoms with Crippen LogP contribution < -0.4 is 18.9 Å². The van der Waals surface area contributed by atoms with Crippen LogP contribution in [-0.4, -0.2) is 28.4 Å². The fraction of sp³-hybridized carbons (Fsp3) is 0.357. The van der Waals surface area contributed by atoms with Crippen LogP contribution in [0.3, 0.4) is 0 Å². The van der Waals surface area contributed by atoms with Gasteiger partial charge in [0.1, 0.15) is 0 Å². The van der Waals surface area contributed by atoms with E-state index >= 15 is 0 Å². The fourth-order valence-corrected chi connectivity index (χ4v) is 2.11. The number of hydrogen-bond acceptors (Lipinski definition) is 4. The lowest BCUT2D eigenvalue weighted by atomic mass is 10.1. The minimum Gasteiger partial charge on any atom is -0.493 e. The highest BCUT2D eigenvalue weighted by atomic mass is 16.6. The lowest BCUT2D eigenvalue weighted by Crippen LogP contribution is -1.97. The van der Waals surface area contributed by atoms with E-state index < -0.39 is 0 Å². The highest BCUT2D eigenvalue weighted by Crippen LogP contribution is 2.45.